The molecule has 0 aromatic heterocycles. The number of ether oxygens (including phenoxy) is 5. The van der Waals surface area contributed by atoms with E-state index in [0.29, 0.717) is 6.42 Å². The first-order chi connectivity index (χ1) is 15.6. The Labute approximate surface area is 207 Å². The lowest BCUT2D eigenvalue weighted by Crippen LogP contribution is -2.38. The summed E-state index contributed by atoms with van der Waals surface area (Å²) >= 11 is 0. The van der Waals surface area contributed by atoms with Gasteiger partial charge in [0.05, 0.1) is 5.41 Å². The van der Waals surface area contributed by atoms with Crippen LogP contribution in [-0.2, 0) is 47.7 Å². The van der Waals surface area contributed by atoms with E-state index in [2.05, 4.69) is 42.4 Å². The lowest BCUT2D eigenvalue weighted by atomic mass is 9.88. The van der Waals surface area contributed by atoms with Gasteiger partial charge in [-0.25, -0.2) is 24.0 Å². The molecule has 0 radical (unpaired) electrons. The van der Waals surface area contributed by atoms with Gasteiger partial charge >= 0.3 is 29.8 Å². The van der Waals surface area contributed by atoms with Crippen LogP contribution in [0.25, 0.3) is 0 Å². The average Bonchev–Trinajstić information content (AvgIpc) is 2.85. The van der Waals surface area contributed by atoms with Crippen LogP contribution in [0.2, 0.25) is 0 Å². The molecular formula is C25H38O10. The maximum absolute atomic E-state index is 11.2. The van der Waals surface area contributed by atoms with E-state index in [1.54, 1.807) is 6.92 Å². The summed E-state index contributed by atoms with van der Waals surface area (Å²) in [5, 5.41) is 0. The van der Waals surface area contributed by atoms with Crippen LogP contribution in [0.4, 0.5) is 0 Å². The molecule has 198 valence electrons. The number of carbonyl (C=O) groups excluding carboxylic acids is 5. The van der Waals surface area contributed by atoms with Crippen LogP contribution in [0.3, 0.4) is 0 Å². The van der Waals surface area contributed by atoms with E-state index in [4.69, 9.17) is 14.2 Å². The Morgan fingerprint density at radius 2 is 0.771 bits per heavy atom. The summed E-state index contributed by atoms with van der Waals surface area (Å²) in [6.07, 6.45) is 5.58. The fraction of sp³-hybridized carbons (Fsp3) is 0.400. The van der Waals surface area contributed by atoms with E-state index in [9.17, 15) is 24.0 Å². The first-order valence-corrected chi connectivity index (χ1v) is 9.59. The fourth-order valence-electron chi connectivity index (χ4n) is 1.68. The number of rotatable bonds is 15. The van der Waals surface area contributed by atoms with Crippen LogP contribution in [0.5, 0.6) is 0 Å². The topological polar surface area (TPSA) is 132 Å². The van der Waals surface area contributed by atoms with Crippen molar-refractivity contribution in [3.63, 3.8) is 0 Å². The van der Waals surface area contributed by atoms with Gasteiger partial charge in [-0.15, -0.1) is 0 Å². The normalized spacial score (nSPS) is 8.94. The van der Waals surface area contributed by atoms with Crippen molar-refractivity contribution in [3.05, 3.63) is 63.3 Å². The third-order valence-corrected chi connectivity index (χ3v) is 3.72. The average molecular weight is 499 g/mol. The molecule has 0 saturated heterocycles. The third kappa shape index (κ3) is 20.4. The van der Waals surface area contributed by atoms with Gasteiger partial charge in [-0.2, -0.15) is 0 Å². The monoisotopic (exact) mass is 498 g/mol. The Morgan fingerprint density at radius 3 is 0.971 bits per heavy atom. The number of hydrogen-bond acceptors (Lipinski definition) is 10. The molecule has 0 unspecified atom stereocenters. The fourth-order valence-corrected chi connectivity index (χ4v) is 1.68. The molecule has 0 bridgehead atoms. The van der Waals surface area contributed by atoms with Crippen molar-refractivity contribution in [2.75, 3.05) is 33.0 Å². The van der Waals surface area contributed by atoms with Crippen LogP contribution in [0.1, 0.15) is 28.2 Å². The maximum atomic E-state index is 11.2. The van der Waals surface area contributed by atoms with Gasteiger partial charge in [0.15, 0.2) is 0 Å². The van der Waals surface area contributed by atoms with Gasteiger partial charge in [0.1, 0.15) is 33.0 Å². The molecule has 0 rings (SSSR count). The lowest BCUT2D eigenvalue weighted by molar-refractivity contribution is -0.156. The van der Waals surface area contributed by atoms with Gasteiger partial charge in [-0.3, -0.25) is 0 Å². The molecule has 0 aliphatic rings. The number of hydrogen-bond donors (Lipinski definition) is 0. The van der Waals surface area contributed by atoms with Crippen molar-refractivity contribution >= 4 is 29.8 Å². The molecule has 0 aromatic carbocycles. The summed E-state index contributed by atoms with van der Waals surface area (Å²) in [6, 6.07) is 0. The molecule has 0 aliphatic heterocycles. The summed E-state index contributed by atoms with van der Waals surface area (Å²) in [5.74, 6) is -2.91. The number of carbonyl (C=O) groups is 5. The van der Waals surface area contributed by atoms with Crippen LogP contribution < -0.4 is 0 Å². The zero-order valence-corrected chi connectivity index (χ0v) is 18.7. The predicted molar refractivity (Wildman–Crippen MR) is 132 cm³/mol. The molecule has 35 heavy (non-hydrogen) atoms. The summed E-state index contributed by atoms with van der Waals surface area (Å²) in [6.45, 7) is 17.9. The molecule has 0 spiro atoms. The summed E-state index contributed by atoms with van der Waals surface area (Å²) in [7, 11) is 0. The van der Waals surface area contributed by atoms with E-state index >= 15 is 0 Å². The van der Waals surface area contributed by atoms with Gasteiger partial charge in [0.2, 0.25) is 0 Å². The van der Waals surface area contributed by atoms with E-state index in [1.165, 1.54) is 0 Å². The largest absolute Gasteiger partial charge is 0.462 e. The number of esters is 5. The van der Waals surface area contributed by atoms with E-state index < -0.39 is 35.3 Å². The van der Waals surface area contributed by atoms with E-state index in [1.807, 2.05) is 0 Å². The molecule has 0 aromatic rings. The van der Waals surface area contributed by atoms with Crippen molar-refractivity contribution in [2.45, 2.75) is 28.2 Å². The molecule has 0 atom stereocenters. The SMILES string of the molecule is C.C.C=CC(=O)OCC(CC)(COC(=O)C=C)COC(=O)C=C.C=CC(=O)OCCOC(=O)C=C. The highest BCUT2D eigenvalue weighted by Crippen LogP contribution is 2.24. The van der Waals surface area contributed by atoms with Gasteiger partial charge in [0, 0.05) is 30.4 Å². The molecule has 0 amide bonds. The minimum atomic E-state index is -0.837. The highest BCUT2D eigenvalue weighted by molar-refractivity contribution is 5.82. The van der Waals surface area contributed by atoms with Gasteiger partial charge in [-0.1, -0.05) is 54.7 Å². The predicted octanol–water partition coefficient (Wildman–Crippen LogP) is 3.29. The Balaban J connectivity index is -0.000000296. The molecular weight excluding hydrogens is 460 g/mol. The summed E-state index contributed by atoms with van der Waals surface area (Å²) < 4.78 is 24.0. The van der Waals surface area contributed by atoms with Crippen molar-refractivity contribution in [2.24, 2.45) is 5.41 Å². The Bertz CT molecular complexity index is 655. The highest BCUT2D eigenvalue weighted by atomic mass is 16.6. The van der Waals surface area contributed by atoms with Crippen LogP contribution in [0.15, 0.2) is 63.3 Å². The van der Waals surface area contributed by atoms with Crippen molar-refractivity contribution in [1.29, 1.82) is 0 Å². The van der Waals surface area contributed by atoms with E-state index in [0.717, 1.165) is 30.4 Å². The Kier molecular flexibility index (Phi) is 25.4. The first kappa shape index (κ1) is 38.3. The highest BCUT2D eigenvalue weighted by Gasteiger charge is 2.33. The molecule has 10 nitrogen and oxygen atoms in total. The van der Waals surface area contributed by atoms with Crippen molar-refractivity contribution in [3.8, 4) is 0 Å². The quantitative estimate of drug-likeness (QED) is 0.143. The molecule has 0 fully saturated rings. The van der Waals surface area contributed by atoms with Crippen LogP contribution >= 0.6 is 0 Å². The maximum Gasteiger partial charge on any atom is 0.330 e. The summed E-state index contributed by atoms with van der Waals surface area (Å²) in [4.78, 5) is 54.4. The minimum Gasteiger partial charge on any atom is -0.462 e. The van der Waals surface area contributed by atoms with Crippen LogP contribution in [-0.4, -0.2) is 62.9 Å². The smallest absolute Gasteiger partial charge is 0.330 e. The molecule has 0 saturated carbocycles. The second-order valence-corrected chi connectivity index (χ2v) is 6.03. The summed E-state index contributed by atoms with van der Waals surface area (Å²) in [5.41, 5.74) is -0.837. The molecule has 0 heterocycles. The molecule has 0 N–H and O–H groups in total. The second kappa shape index (κ2) is 23.2. The molecule has 10 heteroatoms. The zero-order valence-electron chi connectivity index (χ0n) is 18.7. The van der Waals surface area contributed by atoms with Gasteiger partial charge < -0.3 is 23.7 Å². The third-order valence-electron chi connectivity index (χ3n) is 3.72. The second-order valence-electron chi connectivity index (χ2n) is 6.03. The van der Waals surface area contributed by atoms with Crippen molar-refractivity contribution in [1.82, 2.24) is 0 Å². The Hall–Kier alpha value is -3.95. The first-order valence-electron chi connectivity index (χ1n) is 9.59. The Morgan fingerprint density at radius 1 is 0.543 bits per heavy atom. The standard InChI is InChI=1S/C15H20O6.C8H10O4.2CH4/c1-5-12(16)19-9-15(8-4,10-20-13(17)6-2)11-21-14(18)7-3;1-3-7(9)11-5-6-12-8(10)4-2;;/h5-7H,1-3,8-11H2,4H3;3-4H,1-2,5-6H2;2*1H4. The van der Waals surface area contributed by atoms with Gasteiger partial charge in [-0.05, 0) is 6.42 Å². The molecule has 0 aliphatic carbocycles. The zero-order chi connectivity index (χ0) is 25.7. The van der Waals surface area contributed by atoms with Crippen molar-refractivity contribution < 1.29 is 47.7 Å². The lowest BCUT2D eigenvalue weighted by Gasteiger charge is -2.30. The van der Waals surface area contributed by atoms with Crippen LogP contribution in [0, 0.1) is 5.41 Å². The van der Waals surface area contributed by atoms with E-state index in [-0.39, 0.29) is 47.9 Å². The minimum absolute atomic E-state index is 0. The van der Waals surface area contributed by atoms with Gasteiger partial charge in [0.25, 0.3) is 0 Å².